The number of carbonyl (C=O) groups is 1. The molecular formula is C26H26FN5OS. The lowest BCUT2D eigenvalue weighted by Gasteiger charge is -2.13. The van der Waals surface area contributed by atoms with E-state index in [-0.39, 0.29) is 17.5 Å². The molecule has 0 fully saturated rings. The van der Waals surface area contributed by atoms with Crippen LogP contribution in [0.4, 0.5) is 15.8 Å². The first-order valence-electron chi connectivity index (χ1n) is 11.1. The molecule has 0 saturated heterocycles. The van der Waals surface area contributed by atoms with Crippen LogP contribution in [0.3, 0.4) is 0 Å². The molecule has 0 aliphatic rings. The van der Waals surface area contributed by atoms with Crippen LogP contribution in [0.25, 0.3) is 5.69 Å². The van der Waals surface area contributed by atoms with E-state index in [4.69, 9.17) is 0 Å². The van der Waals surface area contributed by atoms with Crippen LogP contribution in [-0.2, 0) is 17.8 Å². The van der Waals surface area contributed by atoms with Gasteiger partial charge >= 0.3 is 0 Å². The van der Waals surface area contributed by atoms with Gasteiger partial charge in [-0.1, -0.05) is 55.1 Å². The van der Waals surface area contributed by atoms with Gasteiger partial charge in [0, 0.05) is 17.1 Å². The quantitative estimate of drug-likeness (QED) is 0.308. The molecule has 0 spiro atoms. The van der Waals surface area contributed by atoms with Gasteiger partial charge in [0.1, 0.15) is 5.82 Å². The fourth-order valence-corrected chi connectivity index (χ4v) is 4.37. The largest absolute Gasteiger partial charge is 0.378 e. The van der Waals surface area contributed by atoms with E-state index in [2.05, 4.69) is 27.8 Å². The molecule has 0 unspecified atom stereocenters. The minimum absolute atomic E-state index is 0.0948. The van der Waals surface area contributed by atoms with Gasteiger partial charge in [0.15, 0.2) is 11.0 Å². The molecule has 3 aromatic carbocycles. The molecule has 0 radical (unpaired) electrons. The fraction of sp³-hybridized carbons (Fsp3) is 0.192. The van der Waals surface area contributed by atoms with Gasteiger partial charge in [0.25, 0.3) is 0 Å². The van der Waals surface area contributed by atoms with Crippen LogP contribution in [0.5, 0.6) is 0 Å². The second kappa shape index (κ2) is 11.0. The van der Waals surface area contributed by atoms with Gasteiger partial charge in [-0.2, -0.15) is 0 Å². The molecule has 6 nitrogen and oxygen atoms in total. The molecule has 174 valence electrons. The Morgan fingerprint density at radius 3 is 2.50 bits per heavy atom. The SMILES string of the molecule is CCc1cccc(C)c1NC(=O)CSc1nnc(CNc2ccc(F)cc2)n1-c1ccccc1. The zero-order valence-electron chi connectivity index (χ0n) is 19.1. The maximum absolute atomic E-state index is 13.2. The number of thioether (sulfide) groups is 1. The van der Waals surface area contributed by atoms with Gasteiger partial charge in [-0.15, -0.1) is 10.2 Å². The third-order valence-electron chi connectivity index (χ3n) is 5.35. The van der Waals surface area contributed by atoms with E-state index in [0.29, 0.717) is 17.5 Å². The summed E-state index contributed by atoms with van der Waals surface area (Å²) < 4.78 is 15.1. The molecule has 8 heteroatoms. The van der Waals surface area contributed by atoms with Crippen LogP contribution >= 0.6 is 11.8 Å². The molecule has 0 aliphatic carbocycles. The van der Waals surface area contributed by atoms with Gasteiger partial charge in [0.2, 0.25) is 5.91 Å². The Balaban J connectivity index is 1.50. The number of hydrogen-bond acceptors (Lipinski definition) is 5. The summed E-state index contributed by atoms with van der Waals surface area (Å²) in [6, 6.07) is 22.0. The van der Waals surface area contributed by atoms with E-state index in [0.717, 1.165) is 34.6 Å². The van der Waals surface area contributed by atoms with Crippen molar-refractivity contribution in [2.24, 2.45) is 0 Å². The summed E-state index contributed by atoms with van der Waals surface area (Å²) in [5.74, 6) is 0.508. The first-order valence-corrected chi connectivity index (χ1v) is 12.0. The van der Waals surface area contributed by atoms with Crippen LogP contribution < -0.4 is 10.6 Å². The molecule has 4 rings (SSSR count). The Morgan fingerprint density at radius 1 is 1.00 bits per heavy atom. The van der Waals surface area contributed by atoms with Crippen molar-refractivity contribution in [2.45, 2.75) is 32.0 Å². The highest BCUT2D eigenvalue weighted by molar-refractivity contribution is 7.99. The minimum Gasteiger partial charge on any atom is -0.378 e. The van der Waals surface area contributed by atoms with Gasteiger partial charge in [-0.25, -0.2) is 4.39 Å². The van der Waals surface area contributed by atoms with Crippen molar-refractivity contribution in [3.05, 3.63) is 95.6 Å². The van der Waals surface area contributed by atoms with Crippen molar-refractivity contribution < 1.29 is 9.18 Å². The lowest BCUT2D eigenvalue weighted by Crippen LogP contribution is -2.17. The first kappa shape index (κ1) is 23.5. The van der Waals surface area contributed by atoms with Crippen LogP contribution in [0.2, 0.25) is 0 Å². The number of halogens is 1. The van der Waals surface area contributed by atoms with Crippen molar-refractivity contribution in [3.8, 4) is 5.69 Å². The van der Waals surface area contributed by atoms with E-state index in [1.807, 2.05) is 60.0 Å². The highest BCUT2D eigenvalue weighted by Crippen LogP contribution is 2.25. The van der Waals surface area contributed by atoms with Crippen LogP contribution in [0.15, 0.2) is 78.0 Å². The summed E-state index contributed by atoms with van der Waals surface area (Å²) in [6.07, 6.45) is 0.844. The lowest BCUT2D eigenvalue weighted by molar-refractivity contribution is -0.113. The van der Waals surface area contributed by atoms with Crippen molar-refractivity contribution >= 4 is 29.0 Å². The van der Waals surface area contributed by atoms with Gasteiger partial charge in [-0.05, 0) is 60.9 Å². The maximum atomic E-state index is 13.2. The molecule has 1 heterocycles. The number of aromatic nitrogens is 3. The zero-order valence-corrected chi connectivity index (χ0v) is 19.9. The highest BCUT2D eigenvalue weighted by atomic mass is 32.2. The fourth-order valence-electron chi connectivity index (χ4n) is 3.60. The van der Waals surface area contributed by atoms with Gasteiger partial charge in [-0.3, -0.25) is 9.36 Å². The molecule has 2 N–H and O–H groups in total. The number of hydrogen-bond donors (Lipinski definition) is 2. The molecule has 0 bridgehead atoms. The summed E-state index contributed by atoms with van der Waals surface area (Å²) in [5.41, 5.74) is 4.71. The third kappa shape index (κ3) is 5.63. The van der Waals surface area contributed by atoms with Crippen molar-refractivity contribution in [3.63, 3.8) is 0 Å². The van der Waals surface area contributed by atoms with E-state index in [1.165, 1.54) is 23.9 Å². The molecule has 0 aliphatic heterocycles. The molecule has 34 heavy (non-hydrogen) atoms. The number of carbonyl (C=O) groups excluding carboxylic acids is 1. The summed E-state index contributed by atoms with van der Waals surface area (Å²) in [6.45, 7) is 4.46. The average Bonchev–Trinajstić information content (AvgIpc) is 3.27. The summed E-state index contributed by atoms with van der Waals surface area (Å²) >= 11 is 1.33. The number of amides is 1. The maximum Gasteiger partial charge on any atom is 0.234 e. The predicted octanol–water partition coefficient (Wildman–Crippen LogP) is 5.62. The standard InChI is InChI=1S/C26H26FN5OS/c1-3-19-9-7-8-18(2)25(19)29-24(33)17-34-26-31-30-23(32(26)22-10-5-4-6-11-22)16-28-21-14-12-20(27)13-15-21/h4-15,28H,3,16-17H2,1-2H3,(H,29,33). The number of aryl methyl sites for hydroxylation is 2. The Labute approximate surface area is 202 Å². The minimum atomic E-state index is -0.285. The number of rotatable bonds is 9. The second-order valence-corrected chi connectivity index (χ2v) is 8.67. The summed E-state index contributed by atoms with van der Waals surface area (Å²) in [4.78, 5) is 12.8. The molecule has 1 amide bonds. The zero-order chi connectivity index (χ0) is 23.9. The molecule has 0 atom stereocenters. The van der Waals surface area contributed by atoms with Gasteiger partial charge < -0.3 is 10.6 Å². The van der Waals surface area contributed by atoms with E-state index in [9.17, 15) is 9.18 Å². The molecule has 4 aromatic rings. The van der Waals surface area contributed by atoms with Crippen molar-refractivity contribution in [2.75, 3.05) is 16.4 Å². The summed E-state index contributed by atoms with van der Waals surface area (Å²) in [5, 5.41) is 15.6. The van der Waals surface area contributed by atoms with Crippen LogP contribution in [0.1, 0.15) is 23.9 Å². The number of nitrogens with one attached hydrogen (secondary N) is 2. The smallest absolute Gasteiger partial charge is 0.234 e. The van der Waals surface area contributed by atoms with Gasteiger partial charge in [0.05, 0.1) is 12.3 Å². The Hall–Kier alpha value is -3.65. The number of para-hydroxylation sites is 2. The number of benzene rings is 3. The van der Waals surface area contributed by atoms with Crippen LogP contribution in [0, 0.1) is 12.7 Å². The molecule has 1 aromatic heterocycles. The number of anilines is 2. The van der Waals surface area contributed by atoms with E-state index >= 15 is 0 Å². The summed E-state index contributed by atoms with van der Waals surface area (Å²) in [7, 11) is 0. The molecule has 0 saturated carbocycles. The first-order chi connectivity index (χ1) is 16.5. The normalized spacial score (nSPS) is 10.8. The monoisotopic (exact) mass is 475 g/mol. The second-order valence-electron chi connectivity index (χ2n) is 7.73. The average molecular weight is 476 g/mol. The Kier molecular flexibility index (Phi) is 7.59. The Bertz CT molecular complexity index is 1260. The topological polar surface area (TPSA) is 71.8 Å². The highest BCUT2D eigenvalue weighted by Gasteiger charge is 2.17. The number of nitrogens with zero attached hydrogens (tertiary/aromatic N) is 3. The Morgan fingerprint density at radius 2 is 1.76 bits per heavy atom. The predicted molar refractivity (Wildman–Crippen MR) is 135 cm³/mol. The van der Waals surface area contributed by atoms with E-state index < -0.39 is 0 Å². The molecular weight excluding hydrogens is 449 g/mol. The van der Waals surface area contributed by atoms with Crippen molar-refractivity contribution in [1.29, 1.82) is 0 Å². The third-order valence-corrected chi connectivity index (χ3v) is 6.28. The van der Waals surface area contributed by atoms with Crippen molar-refractivity contribution in [1.82, 2.24) is 14.8 Å². The lowest BCUT2D eigenvalue weighted by atomic mass is 10.1. The van der Waals surface area contributed by atoms with Crippen LogP contribution in [-0.4, -0.2) is 26.4 Å². The van der Waals surface area contributed by atoms with E-state index in [1.54, 1.807) is 12.1 Å².